The van der Waals surface area contributed by atoms with Gasteiger partial charge in [0.15, 0.2) is 0 Å². The van der Waals surface area contributed by atoms with Crippen molar-refractivity contribution < 1.29 is 19.4 Å². The average Bonchev–Trinajstić information content (AvgIpc) is 2.41. The first-order chi connectivity index (χ1) is 9.88. The topological polar surface area (TPSA) is 78.9 Å². The van der Waals surface area contributed by atoms with E-state index in [1.54, 1.807) is 4.90 Å². The maximum Gasteiger partial charge on any atom is 0.329 e. The molecule has 0 aromatic rings. The molecule has 0 radical (unpaired) electrons. The van der Waals surface area contributed by atoms with Gasteiger partial charge in [0.1, 0.15) is 12.2 Å². The number of ether oxygens (including phenoxy) is 1. The summed E-state index contributed by atoms with van der Waals surface area (Å²) >= 11 is 0. The summed E-state index contributed by atoms with van der Waals surface area (Å²) in [5.74, 6) is 0.436. The number of hydrogen-bond acceptors (Lipinski definition) is 3. The number of urea groups is 1. The highest BCUT2D eigenvalue weighted by Gasteiger charge is 2.42. The molecule has 21 heavy (non-hydrogen) atoms. The van der Waals surface area contributed by atoms with Gasteiger partial charge >= 0.3 is 12.0 Å². The number of nitrogens with zero attached hydrogens (tertiary/aromatic N) is 1. The van der Waals surface area contributed by atoms with Crippen LogP contribution < -0.4 is 5.32 Å². The van der Waals surface area contributed by atoms with Crippen molar-refractivity contribution in [1.82, 2.24) is 10.2 Å². The van der Waals surface area contributed by atoms with Gasteiger partial charge in [-0.2, -0.15) is 0 Å². The predicted molar refractivity (Wildman–Crippen MR) is 78.1 cm³/mol. The summed E-state index contributed by atoms with van der Waals surface area (Å²) in [5.41, 5.74) is -0.518. The second-order valence-electron chi connectivity index (χ2n) is 6.80. The third-order valence-electron chi connectivity index (χ3n) is 4.56. The van der Waals surface area contributed by atoms with Crippen molar-refractivity contribution in [2.75, 3.05) is 26.2 Å². The van der Waals surface area contributed by atoms with E-state index in [1.807, 2.05) is 6.92 Å². The number of rotatable bonds is 5. The SMILES string of the molecule is CC1CCC(CNC(=O)N2CC(C)(OCC(=O)O)C2)CC1. The molecule has 2 amide bonds. The van der Waals surface area contributed by atoms with Crippen molar-refractivity contribution in [3.05, 3.63) is 0 Å². The summed E-state index contributed by atoms with van der Waals surface area (Å²) in [4.78, 5) is 24.2. The molecule has 0 aromatic heterocycles. The Hall–Kier alpha value is -1.30. The Balaban J connectivity index is 1.63. The minimum absolute atomic E-state index is 0.0648. The summed E-state index contributed by atoms with van der Waals surface area (Å²) < 4.78 is 5.29. The molecular weight excluding hydrogens is 272 g/mol. The van der Waals surface area contributed by atoms with E-state index < -0.39 is 11.6 Å². The van der Waals surface area contributed by atoms with E-state index in [1.165, 1.54) is 25.7 Å². The number of carbonyl (C=O) groups excluding carboxylic acids is 1. The van der Waals surface area contributed by atoms with Crippen molar-refractivity contribution in [2.24, 2.45) is 11.8 Å². The third-order valence-corrected chi connectivity index (χ3v) is 4.56. The lowest BCUT2D eigenvalue weighted by Crippen LogP contribution is -2.65. The standard InChI is InChI=1S/C15H26N2O4/c1-11-3-5-12(6-4-11)7-16-14(20)17-9-15(2,10-17)21-8-13(18)19/h11-12H,3-10H2,1-2H3,(H,16,20)(H,18,19). The molecule has 0 aromatic carbocycles. The Kier molecular flexibility index (Phi) is 5.08. The Morgan fingerprint density at radius 3 is 2.48 bits per heavy atom. The molecule has 1 aliphatic heterocycles. The zero-order chi connectivity index (χ0) is 15.5. The lowest BCUT2D eigenvalue weighted by atomic mass is 9.83. The smallest absolute Gasteiger partial charge is 0.329 e. The van der Waals surface area contributed by atoms with E-state index in [0.717, 1.165) is 12.5 Å². The van der Waals surface area contributed by atoms with Crippen molar-refractivity contribution in [3.63, 3.8) is 0 Å². The Morgan fingerprint density at radius 1 is 1.29 bits per heavy atom. The molecule has 0 atom stereocenters. The van der Waals surface area contributed by atoms with E-state index in [2.05, 4.69) is 12.2 Å². The summed E-state index contributed by atoms with van der Waals surface area (Å²) in [6.07, 6.45) is 4.90. The molecule has 6 heteroatoms. The predicted octanol–water partition coefficient (Wildman–Crippen LogP) is 1.70. The Bertz CT molecular complexity index is 385. The molecule has 0 unspecified atom stereocenters. The van der Waals surface area contributed by atoms with Gasteiger partial charge in [-0.3, -0.25) is 0 Å². The van der Waals surface area contributed by atoms with Crippen LogP contribution >= 0.6 is 0 Å². The van der Waals surface area contributed by atoms with Crippen LogP contribution in [-0.4, -0.2) is 53.8 Å². The Morgan fingerprint density at radius 2 is 1.90 bits per heavy atom. The molecule has 0 bridgehead atoms. The first-order valence-electron chi connectivity index (χ1n) is 7.76. The normalized spacial score (nSPS) is 27.8. The largest absolute Gasteiger partial charge is 0.480 e. The van der Waals surface area contributed by atoms with Crippen molar-refractivity contribution in [3.8, 4) is 0 Å². The fourth-order valence-corrected chi connectivity index (χ4v) is 3.11. The first kappa shape index (κ1) is 16.1. The van der Waals surface area contributed by atoms with E-state index in [0.29, 0.717) is 19.0 Å². The maximum atomic E-state index is 12.0. The molecule has 2 fully saturated rings. The molecule has 2 rings (SSSR count). The fourth-order valence-electron chi connectivity index (χ4n) is 3.11. The number of hydrogen-bond donors (Lipinski definition) is 2. The second kappa shape index (κ2) is 6.64. The van der Waals surface area contributed by atoms with E-state index in [4.69, 9.17) is 9.84 Å². The van der Waals surface area contributed by atoms with Crippen LogP contribution in [0.2, 0.25) is 0 Å². The lowest BCUT2D eigenvalue weighted by molar-refractivity contribution is -0.159. The highest BCUT2D eigenvalue weighted by atomic mass is 16.5. The third kappa shape index (κ3) is 4.59. The summed E-state index contributed by atoms with van der Waals surface area (Å²) in [5, 5.41) is 11.6. The highest BCUT2D eigenvalue weighted by molar-refractivity contribution is 5.75. The summed E-state index contributed by atoms with van der Waals surface area (Å²) in [7, 11) is 0. The molecule has 2 N–H and O–H groups in total. The number of carboxylic acids is 1. The van der Waals surface area contributed by atoms with Gasteiger partial charge < -0.3 is 20.1 Å². The molecule has 120 valence electrons. The van der Waals surface area contributed by atoms with E-state index in [-0.39, 0.29) is 12.6 Å². The number of amides is 2. The van der Waals surface area contributed by atoms with Crippen molar-refractivity contribution >= 4 is 12.0 Å². The minimum atomic E-state index is -0.981. The van der Waals surface area contributed by atoms with Gasteiger partial charge in [0.25, 0.3) is 0 Å². The molecular formula is C15H26N2O4. The molecule has 1 heterocycles. The molecule has 1 saturated heterocycles. The zero-order valence-corrected chi connectivity index (χ0v) is 12.9. The number of nitrogens with one attached hydrogen (secondary N) is 1. The van der Waals surface area contributed by atoms with Gasteiger partial charge in [-0.05, 0) is 31.6 Å². The number of carbonyl (C=O) groups is 2. The minimum Gasteiger partial charge on any atom is -0.480 e. The number of aliphatic carboxylic acids is 1. The van der Waals surface area contributed by atoms with Gasteiger partial charge in [0.05, 0.1) is 13.1 Å². The van der Waals surface area contributed by atoms with Crippen LogP contribution in [0.15, 0.2) is 0 Å². The molecule has 0 spiro atoms. The first-order valence-corrected chi connectivity index (χ1v) is 7.76. The fraction of sp³-hybridized carbons (Fsp3) is 0.867. The van der Waals surface area contributed by atoms with Crippen molar-refractivity contribution in [2.45, 2.75) is 45.1 Å². The zero-order valence-electron chi connectivity index (χ0n) is 12.9. The monoisotopic (exact) mass is 298 g/mol. The van der Waals surface area contributed by atoms with Crippen LogP contribution in [0.5, 0.6) is 0 Å². The Labute approximate surface area is 125 Å². The quantitative estimate of drug-likeness (QED) is 0.809. The number of likely N-dealkylation sites (tertiary alicyclic amines) is 1. The maximum absolute atomic E-state index is 12.0. The molecule has 2 aliphatic rings. The van der Waals surface area contributed by atoms with Gasteiger partial charge in [-0.15, -0.1) is 0 Å². The molecule has 1 aliphatic carbocycles. The van der Waals surface area contributed by atoms with Crippen LogP contribution in [0.3, 0.4) is 0 Å². The van der Waals surface area contributed by atoms with Crippen LogP contribution in [0.4, 0.5) is 4.79 Å². The highest BCUT2D eigenvalue weighted by Crippen LogP contribution is 2.28. The summed E-state index contributed by atoms with van der Waals surface area (Å²) in [6, 6.07) is -0.0648. The van der Waals surface area contributed by atoms with Crippen LogP contribution in [0.25, 0.3) is 0 Å². The lowest BCUT2D eigenvalue weighted by Gasteiger charge is -2.47. The van der Waals surface area contributed by atoms with Gasteiger partial charge in [0.2, 0.25) is 0 Å². The van der Waals surface area contributed by atoms with Crippen LogP contribution in [0.1, 0.15) is 39.5 Å². The van der Waals surface area contributed by atoms with Gasteiger partial charge in [0, 0.05) is 6.54 Å². The van der Waals surface area contributed by atoms with Crippen LogP contribution in [0, 0.1) is 11.8 Å². The van der Waals surface area contributed by atoms with E-state index >= 15 is 0 Å². The summed E-state index contributed by atoms with van der Waals surface area (Å²) in [6.45, 7) is 5.46. The molecule has 1 saturated carbocycles. The molecule has 6 nitrogen and oxygen atoms in total. The van der Waals surface area contributed by atoms with Crippen molar-refractivity contribution in [1.29, 1.82) is 0 Å². The van der Waals surface area contributed by atoms with E-state index in [9.17, 15) is 9.59 Å². The van der Waals surface area contributed by atoms with Crippen LogP contribution in [-0.2, 0) is 9.53 Å². The average molecular weight is 298 g/mol. The second-order valence-corrected chi connectivity index (χ2v) is 6.80. The number of carboxylic acid groups (broad SMARTS) is 1. The van der Waals surface area contributed by atoms with Gasteiger partial charge in [-0.25, -0.2) is 9.59 Å². The van der Waals surface area contributed by atoms with Gasteiger partial charge in [-0.1, -0.05) is 19.8 Å².